The van der Waals surface area contributed by atoms with Gasteiger partial charge < -0.3 is 9.64 Å². The second-order valence-corrected chi connectivity index (χ2v) is 8.87. The molecule has 32 heavy (non-hydrogen) atoms. The minimum absolute atomic E-state index is 0.0371. The Hall–Kier alpha value is -3.38. The van der Waals surface area contributed by atoms with Gasteiger partial charge in [0.05, 0.1) is 22.5 Å². The van der Waals surface area contributed by atoms with Crippen LogP contribution in [0.1, 0.15) is 33.6 Å². The van der Waals surface area contributed by atoms with E-state index in [0.717, 1.165) is 43.5 Å². The third kappa shape index (κ3) is 5.26. The number of esters is 1. The number of sulfonamides is 1. The zero-order chi connectivity index (χ0) is 23.5. The molecule has 1 aliphatic rings. The first-order valence-corrected chi connectivity index (χ1v) is 11.0. The van der Waals surface area contributed by atoms with Crippen LogP contribution in [-0.2, 0) is 14.8 Å². The number of nitrogens with zero attached hydrogens (tertiary/aromatic N) is 2. The van der Waals surface area contributed by atoms with Crippen LogP contribution in [0, 0.1) is 15.9 Å². The van der Waals surface area contributed by atoms with Gasteiger partial charge in [0.1, 0.15) is 5.82 Å². The Balaban J connectivity index is 1.69. The number of nitro groups is 1. The lowest BCUT2D eigenvalue weighted by Gasteiger charge is -2.32. The van der Waals surface area contributed by atoms with Crippen LogP contribution in [0.3, 0.4) is 0 Å². The van der Waals surface area contributed by atoms with Crippen LogP contribution in [0.25, 0.3) is 0 Å². The van der Waals surface area contributed by atoms with E-state index < -0.39 is 44.4 Å². The summed E-state index contributed by atoms with van der Waals surface area (Å²) in [7, 11) is -2.72. The van der Waals surface area contributed by atoms with Gasteiger partial charge in [0, 0.05) is 36.8 Å². The fraction of sp³-hybridized carbons (Fsp3) is 0.300. The van der Waals surface area contributed by atoms with E-state index in [-0.39, 0.29) is 29.1 Å². The molecule has 12 heteroatoms. The van der Waals surface area contributed by atoms with Crippen molar-refractivity contribution in [3.8, 4) is 0 Å². The van der Waals surface area contributed by atoms with Crippen LogP contribution in [0.5, 0.6) is 0 Å². The monoisotopic (exact) mass is 465 g/mol. The van der Waals surface area contributed by atoms with Crippen molar-refractivity contribution >= 4 is 27.6 Å². The molecule has 1 fully saturated rings. The molecule has 2 aromatic carbocycles. The SMILES string of the molecule is COC(=O)c1cc(C(=O)N2CCC(NS(=O)(=O)c3ccc(F)cc3)CC2)cc([N+](=O)[O-])c1. The van der Waals surface area contributed by atoms with E-state index >= 15 is 0 Å². The number of halogens is 1. The number of nitrogens with one attached hydrogen (secondary N) is 1. The van der Waals surface area contributed by atoms with E-state index in [2.05, 4.69) is 9.46 Å². The third-order valence-corrected chi connectivity index (χ3v) is 6.56. The zero-order valence-corrected chi connectivity index (χ0v) is 17.8. The van der Waals surface area contributed by atoms with Gasteiger partial charge in [-0.1, -0.05) is 0 Å². The van der Waals surface area contributed by atoms with Gasteiger partial charge >= 0.3 is 5.97 Å². The zero-order valence-electron chi connectivity index (χ0n) is 17.0. The van der Waals surface area contributed by atoms with Gasteiger partial charge in [-0.25, -0.2) is 22.3 Å². The minimum atomic E-state index is -3.85. The highest BCUT2D eigenvalue weighted by Gasteiger charge is 2.28. The smallest absolute Gasteiger partial charge is 0.338 e. The summed E-state index contributed by atoms with van der Waals surface area (Å²) in [5.74, 6) is -1.87. The normalized spacial score (nSPS) is 14.8. The average molecular weight is 465 g/mol. The Morgan fingerprint density at radius 1 is 1.12 bits per heavy atom. The molecule has 0 bridgehead atoms. The molecule has 0 aromatic heterocycles. The highest BCUT2D eigenvalue weighted by Crippen LogP contribution is 2.22. The standard InChI is InChI=1S/C20H20FN3O7S/c1-31-20(26)14-10-13(11-17(12-14)24(27)28)19(25)23-8-6-16(7-9-23)22-32(29,30)18-4-2-15(21)3-5-18/h2-5,10-12,16,22H,6-9H2,1H3. The molecule has 1 heterocycles. The first kappa shape index (κ1) is 23.3. The molecule has 0 saturated carbocycles. The third-order valence-electron chi connectivity index (χ3n) is 5.02. The number of amides is 1. The number of carbonyl (C=O) groups excluding carboxylic acids is 2. The van der Waals surface area contributed by atoms with Gasteiger partial charge in [0.15, 0.2) is 0 Å². The number of nitro benzene ring substituents is 1. The molecular formula is C20H20FN3O7S. The van der Waals surface area contributed by atoms with Crippen LogP contribution in [-0.4, -0.2) is 56.4 Å². The molecule has 0 aliphatic carbocycles. The number of likely N-dealkylation sites (tertiary alicyclic amines) is 1. The van der Waals surface area contributed by atoms with Gasteiger partial charge in [0.25, 0.3) is 11.6 Å². The molecule has 1 N–H and O–H groups in total. The van der Waals surface area contributed by atoms with E-state index in [1.807, 2.05) is 0 Å². The van der Waals surface area contributed by atoms with Crippen molar-refractivity contribution in [2.75, 3.05) is 20.2 Å². The summed E-state index contributed by atoms with van der Waals surface area (Å²) >= 11 is 0. The first-order valence-electron chi connectivity index (χ1n) is 9.55. The van der Waals surface area contributed by atoms with Crippen LogP contribution in [0.4, 0.5) is 10.1 Å². The summed E-state index contributed by atoms with van der Waals surface area (Å²) in [6.45, 7) is 0.400. The molecule has 1 amide bonds. The maximum absolute atomic E-state index is 13.0. The lowest BCUT2D eigenvalue weighted by atomic mass is 10.0. The Kier molecular flexibility index (Phi) is 6.84. The number of carbonyl (C=O) groups is 2. The molecule has 170 valence electrons. The van der Waals surface area contributed by atoms with E-state index in [0.29, 0.717) is 12.8 Å². The van der Waals surface area contributed by atoms with Crippen molar-refractivity contribution in [1.82, 2.24) is 9.62 Å². The summed E-state index contributed by atoms with van der Waals surface area (Å²) in [6.07, 6.45) is 0.621. The largest absolute Gasteiger partial charge is 0.465 e. The molecular weight excluding hydrogens is 445 g/mol. The number of piperidine rings is 1. The molecule has 1 saturated heterocycles. The fourth-order valence-corrected chi connectivity index (χ4v) is 4.66. The van der Waals surface area contributed by atoms with Crippen LogP contribution in [0.15, 0.2) is 47.4 Å². The maximum Gasteiger partial charge on any atom is 0.338 e. The molecule has 10 nitrogen and oxygen atoms in total. The highest BCUT2D eigenvalue weighted by atomic mass is 32.2. The van der Waals surface area contributed by atoms with Gasteiger partial charge in [0.2, 0.25) is 10.0 Å². The van der Waals surface area contributed by atoms with Crippen molar-refractivity contribution in [3.63, 3.8) is 0 Å². The number of ether oxygens (including phenoxy) is 1. The van der Waals surface area contributed by atoms with Crippen molar-refractivity contribution in [2.45, 2.75) is 23.8 Å². The Morgan fingerprint density at radius 3 is 2.28 bits per heavy atom. The highest BCUT2D eigenvalue weighted by molar-refractivity contribution is 7.89. The van der Waals surface area contributed by atoms with E-state index in [4.69, 9.17) is 0 Å². The first-order chi connectivity index (χ1) is 15.1. The quantitative estimate of drug-likeness (QED) is 0.392. The Labute approximate surface area is 183 Å². The number of benzene rings is 2. The lowest BCUT2D eigenvalue weighted by molar-refractivity contribution is -0.384. The van der Waals surface area contributed by atoms with Crippen molar-refractivity contribution < 1.29 is 32.1 Å². The summed E-state index contributed by atoms with van der Waals surface area (Å²) in [6, 6.07) is 7.33. The van der Waals surface area contributed by atoms with E-state index in [9.17, 15) is 32.5 Å². The average Bonchev–Trinajstić information content (AvgIpc) is 2.78. The summed E-state index contributed by atoms with van der Waals surface area (Å²) in [4.78, 5) is 36.5. The molecule has 1 aliphatic heterocycles. The van der Waals surface area contributed by atoms with Crippen LogP contribution >= 0.6 is 0 Å². The van der Waals surface area contributed by atoms with Gasteiger partial charge in [-0.05, 0) is 43.2 Å². The van der Waals surface area contributed by atoms with Crippen molar-refractivity contribution in [2.24, 2.45) is 0 Å². The van der Waals surface area contributed by atoms with Gasteiger partial charge in [-0.2, -0.15) is 0 Å². The molecule has 0 unspecified atom stereocenters. The summed E-state index contributed by atoms with van der Waals surface area (Å²) in [5, 5.41) is 11.2. The predicted octanol–water partition coefficient (Wildman–Crippen LogP) is 2.10. The predicted molar refractivity (Wildman–Crippen MR) is 110 cm³/mol. The molecule has 0 atom stereocenters. The lowest BCUT2D eigenvalue weighted by Crippen LogP contribution is -2.46. The summed E-state index contributed by atoms with van der Waals surface area (Å²) < 4.78 is 45.1. The van der Waals surface area contributed by atoms with Gasteiger partial charge in [-0.3, -0.25) is 14.9 Å². The van der Waals surface area contributed by atoms with E-state index in [1.54, 1.807) is 0 Å². The fourth-order valence-electron chi connectivity index (χ4n) is 3.36. The minimum Gasteiger partial charge on any atom is -0.465 e. The van der Waals surface area contributed by atoms with E-state index in [1.165, 1.54) is 11.0 Å². The molecule has 3 rings (SSSR count). The molecule has 0 spiro atoms. The number of rotatable bonds is 6. The second-order valence-electron chi connectivity index (χ2n) is 7.16. The van der Waals surface area contributed by atoms with Gasteiger partial charge in [-0.15, -0.1) is 0 Å². The second kappa shape index (κ2) is 9.40. The number of methoxy groups -OCH3 is 1. The molecule has 2 aromatic rings. The van der Waals surface area contributed by atoms with Crippen LogP contribution < -0.4 is 4.72 Å². The number of non-ortho nitro benzene ring substituents is 1. The maximum atomic E-state index is 13.0. The Morgan fingerprint density at radius 2 is 1.72 bits per heavy atom. The number of hydrogen-bond donors (Lipinski definition) is 1. The van der Waals surface area contributed by atoms with Crippen molar-refractivity contribution in [1.29, 1.82) is 0 Å². The summed E-state index contributed by atoms with van der Waals surface area (Å²) in [5.41, 5.74) is -0.574. The molecule has 0 radical (unpaired) electrons. The Bertz CT molecular complexity index is 1140. The number of hydrogen-bond acceptors (Lipinski definition) is 7. The van der Waals surface area contributed by atoms with Crippen LogP contribution in [0.2, 0.25) is 0 Å². The topological polar surface area (TPSA) is 136 Å². The van der Waals surface area contributed by atoms with Crippen molar-refractivity contribution in [3.05, 3.63) is 69.5 Å².